The van der Waals surface area contributed by atoms with E-state index in [4.69, 9.17) is 4.74 Å². The Labute approximate surface area is 671 Å². The van der Waals surface area contributed by atoms with Crippen molar-refractivity contribution in [3.05, 3.63) is 326 Å². The number of methoxy groups -OCH3 is 1. The molecule has 4 amide bonds. The number of anilines is 4. The van der Waals surface area contributed by atoms with Gasteiger partial charge in [-0.2, -0.15) is 33.6 Å². The second-order valence-electron chi connectivity index (χ2n) is 25.4. The van der Waals surface area contributed by atoms with E-state index in [2.05, 4.69) is 106 Å². The van der Waals surface area contributed by atoms with Crippen molar-refractivity contribution in [3.63, 3.8) is 0 Å². The van der Waals surface area contributed by atoms with Gasteiger partial charge in [-0.15, -0.1) is 13.2 Å². The summed E-state index contributed by atoms with van der Waals surface area (Å²) >= 11 is 0. The maximum atomic E-state index is 12.6. The molecule has 0 radical (unpaired) electrons. The minimum atomic E-state index is -4.85. The molecule has 0 unspecified atom stereocenters. The lowest BCUT2D eigenvalue weighted by molar-refractivity contribution is -0.276. The number of aryl methyl sites for hydroxylation is 4. The number of carbonyl (C=O) groups is 4. The van der Waals surface area contributed by atoms with Gasteiger partial charge in [-0.05, 0) is 185 Å². The highest BCUT2D eigenvalue weighted by Crippen LogP contribution is 2.30. The first-order chi connectivity index (χ1) is 57.4. The van der Waals surface area contributed by atoms with Gasteiger partial charge in [-0.3, -0.25) is 49.1 Å². The smallest absolute Gasteiger partial charge is 0.481 e. The van der Waals surface area contributed by atoms with Crippen LogP contribution in [0.5, 0.6) is 11.8 Å². The summed E-state index contributed by atoms with van der Waals surface area (Å²) < 4.78 is 90.1. The van der Waals surface area contributed by atoms with Crippen LogP contribution in [-0.4, -0.2) is 136 Å². The molecule has 16 heterocycles. The summed E-state index contributed by atoms with van der Waals surface area (Å²) in [5, 5.41) is 29.0. The SMILES string of the molecule is COc1ccc(C(=O)Nc2ccc(-n3nc(-c4cccnc4)cc3C)cn2)cn1.Cc1cc(-c2cccnc2)nn1-c1ccc(NC(=O)c2ccc(C(F)(F)F)nc2)nc1.Cc1cc(-c2cccnc2)nn1-c1ccc(NC(=O)c2ccc(OC(F)(F)F)nc2)nc1.Cc1cc(-c2cccnc2)nn1-c1ccc(NC(=O)c2cccnc2)nc1. The number of hydrogen-bond donors (Lipinski definition) is 4. The molecule has 0 bridgehead atoms. The summed E-state index contributed by atoms with van der Waals surface area (Å²) in [6.07, 6.45) is 17.3. The second-order valence-corrected chi connectivity index (χ2v) is 25.4. The van der Waals surface area contributed by atoms with Crippen LogP contribution in [0.1, 0.15) is 69.9 Å². The predicted molar refractivity (Wildman–Crippen MR) is 424 cm³/mol. The number of hydrogen-bond acceptors (Lipinski definition) is 22. The Balaban J connectivity index is 0.000000138. The number of rotatable bonds is 18. The number of alkyl halides is 6. The van der Waals surface area contributed by atoms with Crippen molar-refractivity contribution in [2.24, 2.45) is 0 Å². The molecule has 0 aliphatic carbocycles. The fraction of sp³-hybridized carbons (Fsp3) is 0.0843. The van der Waals surface area contributed by atoms with Crippen LogP contribution < -0.4 is 30.7 Å². The summed E-state index contributed by atoms with van der Waals surface area (Å²) in [5.41, 5.74) is 13.4. The Morgan fingerprint density at radius 3 is 0.849 bits per heavy atom. The van der Waals surface area contributed by atoms with Crippen LogP contribution in [0.2, 0.25) is 0 Å². The summed E-state index contributed by atoms with van der Waals surface area (Å²) in [6.45, 7) is 7.76. The number of amides is 4. The van der Waals surface area contributed by atoms with Crippen molar-refractivity contribution in [2.75, 3.05) is 28.4 Å². The van der Waals surface area contributed by atoms with Crippen molar-refractivity contribution in [2.45, 2.75) is 40.2 Å². The summed E-state index contributed by atoms with van der Waals surface area (Å²) in [5.74, 6) is -0.552. The van der Waals surface area contributed by atoms with Crippen LogP contribution in [0.15, 0.2) is 275 Å². The number of halogens is 6. The van der Waals surface area contributed by atoms with Crippen LogP contribution in [0, 0.1) is 27.7 Å². The zero-order valence-corrected chi connectivity index (χ0v) is 63.1. The van der Waals surface area contributed by atoms with Crippen molar-refractivity contribution >= 4 is 46.9 Å². The molecule has 0 aliphatic rings. The molecule has 0 fully saturated rings. The van der Waals surface area contributed by atoms with E-state index in [-0.39, 0.29) is 34.6 Å². The van der Waals surface area contributed by atoms with Gasteiger partial charge in [0, 0.05) is 138 Å². The zero-order valence-electron chi connectivity index (χ0n) is 63.1. The molecular formula is C83H64F6N24O6. The quantitative estimate of drug-likeness (QED) is 0.0580. The summed E-state index contributed by atoms with van der Waals surface area (Å²) in [6, 6.07) is 47.4. The molecule has 0 spiro atoms. The van der Waals surface area contributed by atoms with Gasteiger partial charge >= 0.3 is 12.5 Å². The highest BCUT2D eigenvalue weighted by atomic mass is 19.4. The number of nitrogens with one attached hydrogen (secondary N) is 4. The fourth-order valence-electron chi connectivity index (χ4n) is 11.2. The van der Waals surface area contributed by atoms with E-state index in [0.29, 0.717) is 40.0 Å². The van der Waals surface area contributed by atoms with Crippen molar-refractivity contribution < 1.29 is 55.0 Å². The molecule has 594 valence electrons. The largest absolute Gasteiger partial charge is 0.574 e. The minimum Gasteiger partial charge on any atom is -0.481 e. The minimum absolute atomic E-state index is 0.0112. The van der Waals surface area contributed by atoms with Crippen molar-refractivity contribution in [1.82, 2.24) is 98.9 Å². The molecule has 0 aliphatic heterocycles. The van der Waals surface area contributed by atoms with Gasteiger partial charge in [0.1, 0.15) is 29.0 Å². The number of carbonyl (C=O) groups excluding carboxylic acids is 4. The topological polar surface area (TPSA) is 361 Å². The van der Waals surface area contributed by atoms with E-state index >= 15 is 0 Å². The Kier molecular flexibility index (Phi) is 24.9. The first-order valence-corrected chi connectivity index (χ1v) is 35.6. The third-order valence-corrected chi connectivity index (χ3v) is 17.0. The molecule has 0 saturated carbocycles. The standard InChI is InChI=1S/C21H15F3N6O2.C21H15F3N6O.C21H18N6O2.C20H16N6O/c1-13-9-17(14-3-2-8-25-10-14)29-30(13)16-5-6-18(26-12-16)28-20(31)15-4-7-19(27-11-15)32-21(22,23)24;1-13-9-17(14-3-2-8-25-10-14)29-30(13)16-5-7-19(27-12-16)28-20(31)15-4-6-18(26-11-15)21(22,23)24;1-14-10-18(15-4-3-9-22-11-15)26-27(14)17-6-7-19(23-13-17)25-21(28)16-5-8-20(29-2)24-12-16;1-14-10-18(15-4-2-8-21-11-15)25-26(14)17-6-7-19(23-13-17)24-20(27)16-5-3-9-22-12-16/h2-12H,1H3,(H,26,28,31);2-12H,1H3,(H,27,28,31);3-13H,1-2H3,(H,23,25,28);2-13H,1H3,(H,23,24,27). The lowest BCUT2D eigenvalue weighted by Crippen LogP contribution is -2.18. The van der Waals surface area contributed by atoms with Crippen LogP contribution >= 0.6 is 0 Å². The molecular weight excluding hydrogens is 1540 g/mol. The lowest BCUT2D eigenvalue weighted by Gasteiger charge is -2.09. The number of pyridine rings is 12. The van der Waals surface area contributed by atoms with Gasteiger partial charge in [0.05, 0.1) is 99.7 Å². The van der Waals surface area contributed by atoms with Crippen molar-refractivity contribution in [1.29, 1.82) is 0 Å². The highest BCUT2D eigenvalue weighted by Gasteiger charge is 2.33. The summed E-state index contributed by atoms with van der Waals surface area (Å²) in [7, 11) is 1.52. The van der Waals surface area contributed by atoms with Gasteiger partial charge < -0.3 is 30.7 Å². The Morgan fingerprint density at radius 2 is 0.613 bits per heavy atom. The van der Waals surface area contributed by atoms with E-state index in [9.17, 15) is 45.5 Å². The predicted octanol–water partition coefficient (Wildman–Crippen LogP) is 15.1. The maximum absolute atomic E-state index is 12.6. The van der Waals surface area contributed by atoms with Crippen LogP contribution in [-0.2, 0) is 6.18 Å². The van der Waals surface area contributed by atoms with E-state index in [1.807, 2.05) is 117 Å². The molecule has 36 heteroatoms. The zero-order chi connectivity index (χ0) is 83.6. The average molecular weight is 1610 g/mol. The first-order valence-electron chi connectivity index (χ1n) is 35.6. The van der Waals surface area contributed by atoms with E-state index in [1.165, 1.54) is 31.8 Å². The molecule has 30 nitrogen and oxygen atoms in total. The highest BCUT2D eigenvalue weighted by molar-refractivity contribution is 6.05. The van der Waals surface area contributed by atoms with Gasteiger partial charge in [0.15, 0.2) is 0 Å². The summed E-state index contributed by atoms with van der Waals surface area (Å²) in [4.78, 5) is 97.3. The molecule has 0 saturated heterocycles. The van der Waals surface area contributed by atoms with Crippen molar-refractivity contribution in [3.8, 4) is 79.5 Å². The molecule has 0 aromatic carbocycles. The molecule has 16 aromatic heterocycles. The average Bonchev–Trinajstić information content (AvgIpc) is 1.67. The number of ether oxygens (including phenoxy) is 2. The van der Waals surface area contributed by atoms with E-state index < -0.39 is 35.9 Å². The van der Waals surface area contributed by atoms with Crippen LogP contribution in [0.25, 0.3) is 67.8 Å². The maximum Gasteiger partial charge on any atom is 0.574 e. The van der Waals surface area contributed by atoms with Gasteiger partial charge in [-0.25, -0.2) is 48.6 Å². The van der Waals surface area contributed by atoms with E-state index in [1.54, 1.807) is 149 Å². The van der Waals surface area contributed by atoms with Gasteiger partial charge in [0.25, 0.3) is 23.6 Å². The fourth-order valence-corrected chi connectivity index (χ4v) is 11.2. The molecule has 16 rings (SSSR count). The second kappa shape index (κ2) is 36.7. The molecule has 16 aromatic rings. The monoisotopic (exact) mass is 1610 g/mol. The first kappa shape index (κ1) is 80.7. The van der Waals surface area contributed by atoms with Gasteiger partial charge in [-0.1, -0.05) is 0 Å². The van der Waals surface area contributed by atoms with Crippen LogP contribution in [0.3, 0.4) is 0 Å². The normalized spacial score (nSPS) is 10.9. The third-order valence-electron chi connectivity index (χ3n) is 17.0. The molecule has 0 atom stereocenters. The molecule has 119 heavy (non-hydrogen) atoms. The van der Waals surface area contributed by atoms with Gasteiger partial charge in [0.2, 0.25) is 11.8 Å². The number of nitrogens with zero attached hydrogens (tertiary/aromatic N) is 20. The lowest BCUT2D eigenvalue weighted by atomic mass is 10.2. The Bertz CT molecular complexity index is 6120. The molecule has 4 N–H and O–H groups in total. The third kappa shape index (κ3) is 21.1. The van der Waals surface area contributed by atoms with Crippen LogP contribution in [0.4, 0.5) is 49.6 Å². The Hall–Kier alpha value is -16.3. The van der Waals surface area contributed by atoms with E-state index in [0.717, 1.165) is 110 Å². The number of aromatic nitrogens is 20. The Morgan fingerprint density at radius 1 is 0.319 bits per heavy atom.